The van der Waals surface area contributed by atoms with Crippen LogP contribution in [0.25, 0.3) is 0 Å². The van der Waals surface area contributed by atoms with Crippen LogP contribution in [0.15, 0.2) is 47.6 Å². The van der Waals surface area contributed by atoms with Crippen molar-refractivity contribution in [1.82, 2.24) is 5.43 Å². The Morgan fingerprint density at radius 3 is 2.15 bits per heavy atom. The standard InChI is InChI=1S/C19H22N2O5/c1-13(17-11-16(24-3)9-10-18(17)25-4)20-21-19(22)12-26-15-7-5-14(23-2)6-8-15/h5-11H,12H2,1-4H3,(H,21,22)/b20-13+. The molecule has 2 aromatic rings. The summed E-state index contributed by atoms with van der Waals surface area (Å²) < 4.78 is 21.0. The predicted octanol–water partition coefficient (Wildman–Crippen LogP) is 2.63. The van der Waals surface area contributed by atoms with E-state index in [4.69, 9.17) is 18.9 Å². The van der Waals surface area contributed by atoms with Gasteiger partial charge >= 0.3 is 0 Å². The second-order valence-electron chi connectivity index (χ2n) is 5.26. The van der Waals surface area contributed by atoms with Crippen molar-refractivity contribution < 1.29 is 23.7 Å². The third kappa shape index (κ3) is 5.14. The Kier molecular flexibility index (Phi) is 6.84. The van der Waals surface area contributed by atoms with Crippen molar-refractivity contribution in [3.63, 3.8) is 0 Å². The van der Waals surface area contributed by atoms with E-state index < -0.39 is 0 Å². The van der Waals surface area contributed by atoms with E-state index >= 15 is 0 Å². The highest BCUT2D eigenvalue weighted by Crippen LogP contribution is 2.24. The molecule has 0 aliphatic carbocycles. The van der Waals surface area contributed by atoms with Gasteiger partial charge in [0.2, 0.25) is 0 Å². The molecule has 0 radical (unpaired) electrons. The van der Waals surface area contributed by atoms with E-state index in [1.54, 1.807) is 70.7 Å². The van der Waals surface area contributed by atoms with Crippen molar-refractivity contribution in [3.05, 3.63) is 48.0 Å². The molecule has 7 heteroatoms. The molecule has 1 amide bonds. The van der Waals surface area contributed by atoms with Crippen LogP contribution in [-0.4, -0.2) is 39.6 Å². The Morgan fingerprint density at radius 1 is 0.923 bits per heavy atom. The molecule has 0 fully saturated rings. The first-order chi connectivity index (χ1) is 12.6. The molecule has 0 saturated heterocycles. The number of nitrogens with zero attached hydrogens (tertiary/aromatic N) is 1. The number of hydrogen-bond acceptors (Lipinski definition) is 6. The number of methoxy groups -OCH3 is 3. The van der Waals surface area contributed by atoms with Crippen LogP contribution in [0.5, 0.6) is 23.0 Å². The average molecular weight is 358 g/mol. The fourth-order valence-electron chi connectivity index (χ4n) is 2.16. The van der Waals surface area contributed by atoms with Gasteiger partial charge in [-0.3, -0.25) is 4.79 Å². The Labute approximate surface area is 152 Å². The molecule has 138 valence electrons. The van der Waals surface area contributed by atoms with Crippen LogP contribution in [0.2, 0.25) is 0 Å². The summed E-state index contributed by atoms with van der Waals surface area (Å²) in [6, 6.07) is 12.3. The summed E-state index contributed by atoms with van der Waals surface area (Å²) in [5.41, 5.74) is 3.77. The highest BCUT2D eigenvalue weighted by atomic mass is 16.5. The summed E-state index contributed by atoms with van der Waals surface area (Å²) in [6.07, 6.45) is 0. The molecule has 0 atom stereocenters. The van der Waals surface area contributed by atoms with E-state index in [9.17, 15) is 4.79 Å². The zero-order valence-electron chi connectivity index (χ0n) is 15.2. The monoisotopic (exact) mass is 358 g/mol. The van der Waals surface area contributed by atoms with Gasteiger partial charge in [-0.1, -0.05) is 0 Å². The maximum Gasteiger partial charge on any atom is 0.277 e. The van der Waals surface area contributed by atoms with Gasteiger partial charge in [-0.25, -0.2) is 5.43 Å². The Morgan fingerprint density at radius 2 is 1.54 bits per heavy atom. The fourth-order valence-corrected chi connectivity index (χ4v) is 2.16. The van der Waals surface area contributed by atoms with E-state index in [0.717, 1.165) is 5.56 Å². The molecule has 0 bridgehead atoms. The number of hydrazone groups is 1. The minimum atomic E-state index is -0.373. The van der Waals surface area contributed by atoms with Crippen molar-refractivity contribution in [1.29, 1.82) is 0 Å². The molecule has 0 aliphatic rings. The molecule has 2 aromatic carbocycles. The number of amides is 1. The van der Waals surface area contributed by atoms with E-state index in [1.807, 2.05) is 0 Å². The van der Waals surface area contributed by atoms with Gasteiger partial charge in [-0.05, 0) is 49.4 Å². The van der Waals surface area contributed by atoms with Crippen molar-refractivity contribution in [2.75, 3.05) is 27.9 Å². The third-order valence-corrected chi connectivity index (χ3v) is 3.57. The largest absolute Gasteiger partial charge is 0.497 e. The minimum absolute atomic E-state index is 0.154. The lowest BCUT2D eigenvalue weighted by atomic mass is 10.1. The second-order valence-corrected chi connectivity index (χ2v) is 5.26. The van der Waals surface area contributed by atoms with Gasteiger partial charge in [-0.2, -0.15) is 5.10 Å². The number of nitrogens with one attached hydrogen (secondary N) is 1. The van der Waals surface area contributed by atoms with Crippen LogP contribution < -0.4 is 24.4 Å². The molecule has 0 heterocycles. The molecule has 1 N–H and O–H groups in total. The zero-order valence-corrected chi connectivity index (χ0v) is 15.2. The summed E-state index contributed by atoms with van der Waals surface area (Å²) in [7, 11) is 4.73. The summed E-state index contributed by atoms with van der Waals surface area (Å²) in [5, 5.41) is 4.10. The highest BCUT2D eigenvalue weighted by molar-refractivity contribution is 6.02. The topological polar surface area (TPSA) is 78.4 Å². The van der Waals surface area contributed by atoms with Crippen LogP contribution in [0.4, 0.5) is 0 Å². The lowest BCUT2D eigenvalue weighted by Crippen LogP contribution is -2.25. The van der Waals surface area contributed by atoms with Crippen molar-refractivity contribution in [2.24, 2.45) is 5.10 Å². The number of hydrogen-bond donors (Lipinski definition) is 1. The molecule has 0 unspecified atom stereocenters. The van der Waals surface area contributed by atoms with E-state index in [0.29, 0.717) is 28.7 Å². The molecule has 2 rings (SSSR count). The number of carbonyl (C=O) groups is 1. The predicted molar refractivity (Wildman–Crippen MR) is 98.4 cm³/mol. The maximum absolute atomic E-state index is 11.9. The first-order valence-electron chi connectivity index (χ1n) is 7.89. The number of benzene rings is 2. The van der Waals surface area contributed by atoms with Crippen LogP contribution >= 0.6 is 0 Å². The quantitative estimate of drug-likeness (QED) is 0.580. The summed E-state index contributed by atoms with van der Waals surface area (Å²) in [4.78, 5) is 11.9. The number of rotatable bonds is 8. The molecule has 0 aliphatic heterocycles. The van der Waals surface area contributed by atoms with Crippen LogP contribution in [0.1, 0.15) is 12.5 Å². The maximum atomic E-state index is 11.9. The second kappa shape index (κ2) is 9.31. The molecule has 26 heavy (non-hydrogen) atoms. The van der Waals surface area contributed by atoms with Gasteiger partial charge in [0.05, 0.1) is 27.0 Å². The first kappa shape index (κ1) is 19.1. The lowest BCUT2D eigenvalue weighted by Gasteiger charge is -2.10. The van der Waals surface area contributed by atoms with Crippen molar-refractivity contribution in [3.8, 4) is 23.0 Å². The van der Waals surface area contributed by atoms with Crippen LogP contribution in [0.3, 0.4) is 0 Å². The minimum Gasteiger partial charge on any atom is -0.497 e. The summed E-state index contributed by atoms with van der Waals surface area (Å²) >= 11 is 0. The van der Waals surface area contributed by atoms with E-state index in [2.05, 4.69) is 10.5 Å². The number of ether oxygens (including phenoxy) is 4. The van der Waals surface area contributed by atoms with Gasteiger partial charge in [0.15, 0.2) is 6.61 Å². The molecular formula is C19H22N2O5. The summed E-state index contributed by atoms with van der Waals surface area (Å²) in [6.45, 7) is 1.61. The van der Waals surface area contributed by atoms with Crippen molar-refractivity contribution >= 4 is 11.6 Å². The molecule has 0 aromatic heterocycles. The van der Waals surface area contributed by atoms with Gasteiger partial charge in [0.1, 0.15) is 23.0 Å². The molecule has 0 spiro atoms. The average Bonchev–Trinajstić information content (AvgIpc) is 2.70. The molecule has 7 nitrogen and oxygen atoms in total. The van der Waals surface area contributed by atoms with Gasteiger partial charge in [0.25, 0.3) is 5.91 Å². The Hall–Kier alpha value is -3.22. The molecule has 0 saturated carbocycles. The normalized spacial score (nSPS) is 10.8. The van der Waals surface area contributed by atoms with E-state index in [1.165, 1.54) is 0 Å². The van der Waals surface area contributed by atoms with E-state index in [-0.39, 0.29) is 12.5 Å². The Balaban J connectivity index is 1.96. The third-order valence-electron chi connectivity index (χ3n) is 3.57. The first-order valence-corrected chi connectivity index (χ1v) is 7.89. The van der Waals surface area contributed by atoms with Crippen LogP contribution in [0, 0.1) is 0 Å². The van der Waals surface area contributed by atoms with Crippen LogP contribution in [-0.2, 0) is 4.79 Å². The highest BCUT2D eigenvalue weighted by Gasteiger charge is 2.09. The lowest BCUT2D eigenvalue weighted by molar-refractivity contribution is -0.123. The molecular weight excluding hydrogens is 336 g/mol. The fraction of sp³-hybridized carbons (Fsp3) is 0.263. The SMILES string of the molecule is COc1ccc(OCC(=O)N/N=C(\C)c2cc(OC)ccc2OC)cc1. The van der Waals surface area contributed by atoms with Gasteiger partial charge in [0, 0.05) is 5.56 Å². The van der Waals surface area contributed by atoms with Gasteiger partial charge < -0.3 is 18.9 Å². The smallest absolute Gasteiger partial charge is 0.277 e. The Bertz CT molecular complexity index is 772. The number of carbonyl (C=O) groups excluding carboxylic acids is 1. The van der Waals surface area contributed by atoms with Crippen molar-refractivity contribution in [2.45, 2.75) is 6.92 Å². The summed E-state index contributed by atoms with van der Waals surface area (Å²) in [5.74, 6) is 2.22. The zero-order chi connectivity index (χ0) is 18.9. The van der Waals surface area contributed by atoms with Gasteiger partial charge in [-0.15, -0.1) is 0 Å².